The number of para-hydroxylation sites is 2. The lowest BCUT2D eigenvalue weighted by Crippen LogP contribution is -2.49. The summed E-state index contributed by atoms with van der Waals surface area (Å²) >= 11 is 1.34. The topological polar surface area (TPSA) is 79.5 Å². The first kappa shape index (κ1) is 18.9. The smallest absolute Gasteiger partial charge is 0.344 e. The Morgan fingerprint density at radius 2 is 1.90 bits per heavy atom. The van der Waals surface area contributed by atoms with Gasteiger partial charge in [0.25, 0.3) is 0 Å². The molecule has 2 atom stereocenters. The van der Waals surface area contributed by atoms with Gasteiger partial charge < -0.3 is 9.72 Å². The van der Waals surface area contributed by atoms with Gasteiger partial charge in [0.05, 0.1) is 5.69 Å². The maximum absolute atomic E-state index is 13.3. The average molecular weight is 420 g/mol. The van der Waals surface area contributed by atoms with Crippen LogP contribution in [0, 0.1) is 6.92 Å². The first-order valence-electron chi connectivity index (χ1n) is 9.86. The van der Waals surface area contributed by atoms with E-state index < -0.39 is 16.9 Å². The molecule has 2 unspecified atom stereocenters. The van der Waals surface area contributed by atoms with E-state index in [0.29, 0.717) is 12.0 Å². The summed E-state index contributed by atoms with van der Waals surface area (Å²) in [5.41, 5.74) is 2.87. The van der Waals surface area contributed by atoms with E-state index in [1.165, 1.54) is 11.8 Å². The summed E-state index contributed by atoms with van der Waals surface area (Å²) in [6.45, 7) is 3.42. The standard InChI is InChI=1S/C23H20N2O4S/c1-13-20(15-7-3-4-8-16(15)24-13)21(27)14(2)29-22(28)23-12-11-19(26)25(23)17-9-5-6-10-18(17)30-23/h3-10,14,24H,11-12H2,1-2H3. The molecule has 2 aliphatic rings. The highest BCUT2D eigenvalue weighted by atomic mass is 32.2. The Labute approximate surface area is 177 Å². The molecular formula is C23H20N2O4S. The second-order valence-electron chi connectivity index (χ2n) is 7.67. The van der Waals surface area contributed by atoms with E-state index >= 15 is 0 Å². The number of aromatic amines is 1. The van der Waals surface area contributed by atoms with Crippen molar-refractivity contribution in [1.29, 1.82) is 0 Å². The van der Waals surface area contributed by atoms with Gasteiger partial charge in [-0.25, -0.2) is 4.79 Å². The van der Waals surface area contributed by atoms with Crippen LogP contribution in [0.2, 0.25) is 0 Å². The molecular weight excluding hydrogens is 400 g/mol. The zero-order chi connectivity index (χ0) is 21.0. The van der Waals surface area contributed by atoms with Crippen LogP contribution in [-0.4, -0.2) is 33.6 Å². The largest absolute Gasteiger partial charge is 0.452 e. The SMILES string of the molecule is Cc1[nH]c2ccccc2c1C(=O)C(C)OC(=O)C12CCC(=O)N1c1ccccc1S2. The van der Waals surface area contributed by atoms with Gasteiger partial charge in [0.1, 0.15) is 0 Å². The van der Waals surface area contributed by atoms with Gasteiger partial charge in [-0.15, -0.1) is 0 Å². The number of hydrogen-bond acceptors (Lipinski definition) is 5. The number of fused-ring (bicyclic) bond motifs is 4. The molecule has 1 N–H and O–H groups in total. The molecule has 1 saturated heterocycles. The third kappa shape index (κ3) is 2.61. The molecule has 2 aliphatic heterocycles. The number of amides is 1. The fraction of sp³-hybridized carbons (Fsp3) is 0.261. The number of carbonyl (C=O) groups excluding carboxylic acids is 3. The predicted octanol–water partition coefficient (Wildman–Crippen LogP) is 4.22. The summed E-state index contributed by atoms with van der Waals surface area (Å²) < 4.78 is 5.69. The zero-order valence-corrected chi connectivity index (χ0v) is 17.4. The molecule has 7 heteroatoms. The van der Waals surface area contributed by atoms with Crippen molar-refractivity contribution in [2.45, 2.75) is 42.6 Å². The van der Waals surface area contributed by atoms with Gasteiger partial charge in [-0.3, -0.25) is 14.5 Å². The number of esters is 1. The van der Waals surface area contributed by atoms with Gasteiger partial charge in [-0.05, 0) is 32.0 Å². The molecule has 3 aromatic rings. The predicted molar refractivity (Wildman–Crippen MR) is 115 cm³/mol. The number of Topliss-reactive ketones (excluding diaryl/α,β-unsaturated/α-hetero) is 1. The number of nitrogens with one attached hydrogen (secondary N) is 1. The van der Waals surface area contributed by atoms with Gasteiger partial charge in [0.2, 0.25) is 11.7 Å². The third-order valence-corrected chi connectivity index (χ3v) is 7.24. The van der Waals surface area contributed by atoms with Gasteiger partial charge in [-0.1, -0.05) is 42.1 Å². The molecule has 0 radical (unpaired) electrons. The van der Waals surface area contributed by atoms with Crippen LogP contribution in [0.15, 0.2) is 53.4 Å². The number of benzene rings is 2. The number of carbonyl (C=O) groups is 3. The summed E-state index contributed by atoms with van der Waals surface area (Å²) in [6.07, 6.45) is -0.330. The number of H-pyrrole nitrogens is 1. The number of ketones is 1. The zero-order valence-electron chi connectivity index (χ0n) is 16.6. The van der Waals surface area contributed by atoms with Crippen LogP contribution in [-0.2, 0) is 14.3 Å². The molecule has 0 saturated carbocycles. The Morgan fingerprint density at radius 1 is 1.17 bits per heavy atom. The highest BCUT2D eigenvalue weighted by molar-refractivity contribution is 8.02. The van der Waals surface area contributed by atoms with Gasteiger partial charge >= 0.3 is 5.97 Å². The minimum atomic E-state index is -1.13. The maximum atomic E-state index is 13.3. The van der Waals surface area contributed by atoms with Crippen LogP contribution in [0.5, 0.6) is 0 Å². The van der Waals surface area contributed by atoms with Crippen molar-refractivity contribution in [1.82, 2.24) is 4.98 Å². The molecule has 3 heterocycles. The number of rotatable bonds is 4. The molecule has 152 valence electrons. The first-order chi connectivity index (χ1) is 14.4. The van der Waals surface area contributed by atoms with Crippen LogP contribution in [0.3, 0.4) is 0 Å². The summed E-state index contributed by atoms with van der Waals surface area (Å²) in [5.74, 6) is -0.908. The molecule has 2 aromatic carbocycles. The summed E-state index contributed by atoms with van der Waals surface area (Å²) in [4.78, 5) is 43.5. The Kier molecular flexibility index (Phi) is 4.25. The van der Waals surface area contributed by atoms with Crippen LogP contribution in [0.4, 0.5) is 5.69 Å². The number of ether oxygens (including phenoxy) is 1. The van der Waals surface area contributed by atoms with Crippen molar-refractivity contribution in [3.63, 3.8) is 0 Å². The summed E-state index contributed by atoms with van der Waals surface area (Å²) in [6, 6.07) is 15.0. The quantitative estimate of drug-likeness (QED) is 0.505. The van der Waals surface area contributed by atoms with E-state index in [1.807, 2.05) is 55.5 Å². The number of thioether (sulfide) groups is 1. The monoisotopic (exact) mass is 420 g/mol. The van der Waals surface area contributed by atoms with Crippen LogP contribution in [0.1, 0.15) is 35.8 Å². The number of nitrogens with zero attached hydrogens (tertiary/aromatic N) is 1. The van der Waals surface area contributed by atoms with Crippen LogP contribution < -0.4 is 4.90 Å². The number of hydrogen-bond donors (Lipinski definition) is 1. The fourth-order valence-corrected chi connectivity index (χ4v) is 5.78. The highest BCUT2D eigenvalue weighted by Crippen LogP contribution is 2.56. The Balaban J connectivity index is 1.43. The molecule has 0 bridgehead atoms. The molecule has 1 amide bonds. The second kappa shape index (κ2) is 6.74. The number of aromatic nitrogens is 1. The van der Waals surface area contributed by atoms with E-state index in [9.17, 15) is 14.4 Å². The maximum Gasteiger partial charge on any atom is 0.344 e. The van der Waals surface area contributed by atoms with Crippen molar-refractivity contribution < 1.29 is 19.1 Å². The minimum absolute atomic E-state index is 0.101. The second-order valence-corrected chi connectivity index (χ2v) is 8.99. The molecule has 0 aliphatic carbocycles. The Bertz CT molecular complexity index is 1220. The summed E-state index contributed by atoms with van der Waals surface area (Å²) in [5, 5.41) is 0.807. The van der Waals surface area contributed by atoms with Crippen molar-refractivity contribution in [2.75, 3.05) is 4.90 Å². The van der Waals surface area contributed by atoms with Crippen molar-refractivity contribution in [3.05, 3.63) is 59.8 Å². The lowest BCUT2D eigenvalue weighted by atomic mass is 10.0. The molecule has 5 rings (SSSR count). The third-order valence-electron chi connectivity index (χ3n) is 5.79. The Hall–Kier alpha value is -3.06. The van der Waals surface area contributed by atoms with E-state index in [0.717, 1.165) is 27.2 Å². The summed E-state index contributed by atoms with van der Waals surface area (Å²) in [7, 11) is 0. The minimum Gasteiger partial charge on any atom is -0.452 e. The lowest BCUT2D eigenvalue weighted by Gasteiger charge is -2.29. The van der Waals surface area contributed by atoms with Gasteiger partial charge in [0, 0.05) is 39.9 Å². The van der Waals surface area contributed by atoms with Crippen LogP contribution in [0.25, 0.3) is 10.9 Å². The van der Waals surface area contributed by atoms with E-state index in [1.54, 1.807) is 11.8 Å². The number of anilines is 1. The van der Waals surface area contributed by atoms with E-state index in [-0.39, 0.29) is 18.1 Å². The molecule has 30 heavy (non-hydrogen) atoms. The molecule has 6 nitrogen and oxygen atoms in total. The first-order valence-corrected chi connectivity index (χ1v) is 10.7. The van der Waals surface area contributed by atoms with Crippen molar-refractivity contribution in [2.24, 2.45) is 0 Å². The number of aryl methyl sites for hydroxylation is 1. The lowest BCUT2D eigenvalue weighted by molar-refractivity contribution is -0.149. The van der Waals surface area contributed by atoms with Gasteiger partial charge in [-0.2, -0.15) is 0 Å². The van der Waals surface area contributed by atoms with E-state index in [2.05, 4.69) is 4.98 Å². The normalized spacial score (nSPS) is 20.9. The van der Waals surface area contributed by atoms with Crippen LogP contribution >= 0.6 is 11.8 Å². The molecule has 0 spiro atoms. The molecule has 1 aromatic heterocycles. The fourth-order valence-electron chi connectivity index (χ4n) is 4.38. The van der Waals surface area contributed by atoms with Gasteiger partial charge in [0.15, 0.2) is 11.0 Å². The van der Waals surface area contributed by atoms with Crippen molar-refractivity contribution in [3.8, 4) is 0 Å². The Morgan fingerprint density at radius 3 is 2.73 bits per heavy atom. The average Bonchev–Trinajstić information content (AvgIpc) is 3.36. The van der Waals surface area contributed by atoms with E-state index in [4.69, 9.17) is 4.74 Å². The molecule has 1 fully saturated rings. The van der Waals surface area contributed by atoms with Crippen molar-refractivity contribution >= 4 is 46.0 Å². The highest BCUT2D eigenvalue weighted by Gasteiger charge is 2.59.